The second kappa shape index (κ2) is 7.88. The van der Waals surface area contributed by atoms with Gasteiger partial charge in [0, 0.05) is 23.9 Å². The summed E-state index contributed by atoms with van der Waals surface area (Å²) in [5.74, 6) is 0. The number of hydrogen-bond acceptors (Lipinski definition) is 3. The van der Waals surface area contributed by atoms with Crippen molar-refractivity contribution in [1.82, 2.24) is 4.90 Å². The first kappa shape index (κ1) is 20.9. The van der Waals surface area contributed by atoms with E-state index in [-0.39, 0.29) is 12.1 Å². The molecule has 0 bridgehead atoms. The largest absolute Gasteiger partial charge is 0.438 e. The Morgan fingerprint density at radius 1 is 1.25 bits per heavy atom. The molecule has 28 heavy (non-hydrogen) atoms. The van der Waals surface area contributed by atoms with Gasteiger partial charge in [-0.2, -0.15) is 0 Å². The zero-order valence-corrected chi connectivity index (χ0v) is 18.5. The topological polar surface area (TPSA) is 49.8 Å². The molecule has 1 amide bonds. The number of rotatable bonds is 5. The molecule has 150 valence electrons. The normalized spacial score (nSPS) is 21.4. The number of amides is 1. The van der Waals surface area contributed by atoms with Gasteiger partial charge in [-0.3, -0.25) is 0 Å². The molecule has 1 N–H and O–H groups in total. The number of ether oxygens (including phenoxy) is 1. The highest BCUT2D eigenvalue weighted by atomic mass is 79.9. The number of hydrogen-bond donors (Lipinski definition) is 1. The van der Waals surface area contributed by atoms with E-state index in [1.807, 2.05) is 56.3 Å². The van der Waals surface area contributed by atoms with Crippen molar-refractivity contribution in [3.63, 3.8) is 0 Å². The molecule has 0 saturated carbocycles. The van der Waals surface area contributed by atoms with Crippen molar-refractivity contribution in [2.45, 2.75) is 57.8 Å². The smallest absolute Gasteiger partial charge is 0.411 e. The number of carbonyl (C=O) groups excluding carboxylic acids is 1. The first-order valence-corrected chi connectivity index (χ1v) is 10.4. The van der Waals surface area contributed by atoms with E-state index >= 15 is 0 Å². The zero-order chi connectivity index (χ0) is 20.5. The SMILES string of the molecule is Cc1cc(C(C)N2CCC(CC(C)(C)O)(c3ccccc3)OC2=O)ccc1Br. The van der Waals surface area contributed by atoms with Crippen LogP contribution in [-0.4, -0.2) is 28.2 Å². The fourth-order valence-corrected chi connectivity index (χ4v) is 4.25. The first-order valence-electron chi connectivity index (χ1n) is 9.65. The van der Waals surface area contributed by atoms with Crippen LogP contribution in [0.4, 0.5) is 4.79 Å². The van der Waals surface area contributed by atoms with Crippen LogP contribution in [0.2, 0.25) is 0 Å². The van der Waals surface area contributed by atoms with Crippen molar-refractivity contribution < 1.29 is 14.6 Å². The predicted octanol–water partition coefficient (Wildman–Crippen LogP) is 5.72. The third-order valence-corrected chi connectivity index (χ3v) is 6.31. The molecule has 2 unspecified atom stereocenters. The molecule has 5 heteroatoms. The predicted molar refractivity (Wildman–Crippen MR) is 114 cm³/mol. The van der Waals surface area contributed by atoms with Crippen LogP contribution in [-0.2, 0) is 10.3 Å². The van der Waals surface area contributed by atoms with Crippen molar-refractivity contribution in [3.05, 3.63) is 69.7 Å². The van der Waals surface area contributed by atoms with E-state index < -0.39 is 11.2 Å². The summed E-state index contributed by atoms with van der Waals surface area (Å²) in [5, 5.41) is 10.5. The molecule has 2 atom stereocenters. The molecule has 1 aliphatic rings. The Morgan fingerprint density at radius 2 is 1.93 bits per heavy atom. The Balaban J connectivity index is 1.87. The third kappa shape index (κ3) is 4.41. The summed E-state index contributed by atoms with van der Waals surface area (Å²) in [6.07, 6.45) is 0.648. The van der Waals surface area contributed by atoms with Gasteiger partial charge >= 0.3 is 6.09 Å². The van der Waals surface area contributed by atoms with Crippen molar-refractivity contribution in [2.75, 3.05) is 6.54 Å². The lowest BCUT2D eigenvalue weighted by atomic mass is 9.80. The fraction of sp³-hybridized carbons (Fsp3) is 0.435. The van der Waals surface area contributed by atoms with E-state index in [0.29, 0.717) is 19.4 Å². The summed E-state index contributed by atoms with van der Waals surface area (Å²) in [4.78, 5) is 14.8. The van der Waals surface area contributed by atoms with Crippen molar-refractivity contribution in [1.29, 1.82) is 0 Å². The average molecular weight is 446 g/mol. The van der Waals surface area contributed by atoms with Crippen LogP contribution in [0.3, 0.4) is 0 Å². The molecule has 0 radical (unpaired) electrons. The van der Waals surface area contributed by atoms with Gasteiger partial charge < -0.3 is 14.7 Å². The minimum absolute atomic E-state index is 0.0878. The number of aryl methyl sites for hydroxylation is 1. The lowest BCUT2D eigenvalue weighted by Gasteiger charge is -2.45. The molecular weight excluding hydrogens is 418 g/mol. The standard InChI is InChI=1S/C23H28BrNO3/c1-16-14-18(10-11-20(16)24)17(2)25-13-12-23(28-21(25)26,15-22(3,4)27)19-8-6-5-7-9-19/h5-11,14,17,27H,12-13,15H2,1-4H3. The first-order chi connectivity index (χ1) is 13.1. The van der Waals surface area contributed by atoms with Crippen molar-refractivity contribution in [3.8, 4) is 0 Å². The van der Waals surface area contributed by atoms with Gasteiger partial charge in [0.25, 0.3) is 0 Å². The van der Waals surface area contributed by atoms with Crippen molar-refractivity contribution >= 4 is 22.0 Å². The fourth-order valence-electron chi connectivity index (χ4n) is 4.00. The summed E-state index contributed by atoms with van der Waals surface area (Å²) in [6, 6.07) is 15.8. The molecule has 0 spiro atoms. The number of carbonyl (C=O) groups is 1. The molecule has 3 rings (SSSR count). The molecule has 1 fully saturated rings. The molecule has 2 aromatic carbocycles. The Hall–Kier alpha value is -1.85. The van der Waals surface area contributed by atoms with Crippen LogP contribution in [0.5, 0.6) is 0 Å². The van der Waals surface area contributed by atoms with Gasteiger partial charge in [0.05, 0.1) is 11.6 Å². The average Bonchev–Trinajstić information content (AvgIpc) is 2.63. The lowest BCUT2D eigenvalue weighted by molar-refractivity contribution is -0.101. The van der Waals surface area contributed by atoms with E-state index in [0.717, 1.165) is 21.2 Å². The number of aliphatic hydroxyl groups is 1. The highest BCUT2D eigenvalue weighted by Crippen LogP contribution is 2.42. The van der Waals surface area contributed by atoms with E-state index in [9.17, 15) is 9.90 Å². The van der Waals surface area contributed by atoms with Gasteiger partial charge in [-0.15, -0.1) is 0 Å². The molecule has 4 nitrogen and oxygen atoms in total. The molecular formula is C23H28BrNO3. The highest BCUT2D eigenvalue weighted by Gasteiger charge is 2.46. The molecule has 0 aliphatic carbocycles. The van der Waals surface area contributed by atoms with Crippen LogP contribution >= 0.6 is 15.9 Å². The summed E-state index contributed by atoms with van der Waals surface area (Å²) in [7, 11) is 0. The van der Waals surface area contributed by atoms with Gasteiger partial charge in [0.15, 0.2) is 0 Å². The zero-order valence-electron chi connectivity index (χ0n) is 16.9. The maximum atomic E-state index is 13.0. The van der Waals surface area contributed by atoms with Gasteiger partial charge in [-0.1, -0.05) is 58.4 Å². The number of cyclic esters (lactones) is 1. The van der Waals surface area contributed by atoms with E-state index in [1.54, 1.807) is 18.7 Å². The van der Waals surface area contributed by atoms with Gasteiger partial charge in [-0.25, -0.2) is 4.79 Å². The van der Waals surface area contributed by atoms with E-state index in [1.165, 1.54) is 0 Å². The summed E-state index contributed by atoms with van der Waals surface area (Å²) in [5.41, 5.74) is 1.37. The lowest BCUT2D eigenvalue weighted by Crippen LogP contribution is -2.51. The Morgan fingerprint density at radius 3 is 2.50 bits per heavy atom. The van der Waals surface area contributed by atoms with Crippen LogP contribution in [0.1, 0.15) is 56.3 Å². The minimum atomic E-state index is -0.952. The van der Waals surface area contributed by atoms with Gasteiger partial charge in [-0.05, 0) is 50.5 Å². The van der Waals surface area contributed by atoms with Crippen molar-refractivity contribution in [2.24, 2.45) is 0 Å². The molecule has 0 aromatic heterocycles. The second-order valence-electron chi connectivity index (χ2n) is 8.35. The van der Waals surface area contributed by atoms with Crippen LogP contribution < -0.4 is 0 Å². The Bertz CT molecular complexity index is 847. The number of nitrogens with zero attached hydrogens (tertiary/aromatic N) is 1. The van der Waals surface area contributed by atoms with E-state index in [4.69, 9.17) is 4.74 Å². The molecule has 1 aliphatic heterocycles. The Kier molecular flexibility index (Phi) is 5.87. The quantitative estimate of drug-likeness (QED) is 0.640. The molecule has 1 heterocycles. The summed E-state index contributed by atoms with van der Waals surface area (Å²) >= 11 is 3.53. The summed E-state index contributed by atoms with van der Waals surface area (Å²) in [6.45, 7) is 8.14. The van der Waals surface area contributed by atoms with Crippen LogP contribution in [0.25, 0.3) is 0 Å². The summed E-state index contributed by atoms with van der Waals surface area (Å²) < 4.78 is 7.12. The van der Waals surface area contributed by atoms with Crippen LogP contribution in [0, 0.1) is 6.92 Å². The number of benzene rings is 2. The van der Waals surface area contributed by atoms with Gasteiger partial charge in [0.2, 0.25) is 0 Å². The highest BCUT2D eigenvalue weighted by molar-refractivity contribution is 9.10. The second-order valence-corrected chi connectivity index (χ2v) is 9.20. The van der Waals surface area contributed by atoms with E-state index in [2.05, 4.69) is 22.0 Å². The monoisotopic (exact) mass is 445 g/mol. The minimum Gasteiger partial charge on any atom is -0.438 e. The molecule has 2 aromatic rings. The Labute approximate surface area is 175 Å². The van der Waals surface area contributed by atoms with Gasteiger partial charge in [0.1, 0.15) is 5.60 Å². The number of halogens is 1. The maximum absolute atomic E-state index is 13.0. The third-order valence-electron chi connectivity index (χ3n) is 5.42. The molecule has 1 saturated heterocycles. The van der Waals surface area contributed by atoms with Crippen LogP contribution in [0.15, 0.2) is 53.0 Å². The maximum Gasteiger partial charge on any atom is 0.411 e.